The quantitative estimate of drug-likeness (QED) is 0.630. The molecule has 0 unspecified atom stereocenters. The van der Waals surface area contributed by atoms with Gasteiger partial charge in [0.1, 0.15) is 0 Å². The summed E-state index contributed by atoms with van der Waals surface area (Å²) in [6.45, 7) is 3.80. The van der Waals surface area contributed by atoms with Gasteiger partial charge in [-0.25, -0.2) is 8.42 Å². The first kappa shape index (κ1) is 11.3. The number of nitrogen functional groups attached to an aromatic ring is 1. The summed E-state index contributed by atoms with van der Waals surface area (Å²) in [4.78, 5) is 0.106. The van der Waals surface area contributed by atoms with E-state index in [1.54, 1.807) is 12.1 Å². The molecule has 78 valence electrons. The molecule has 5 heteroatoms. The standard InChI is InChI=1S/C9H12ClNO2S/c1-6(2)8-4-3-7(11)5-9(8)14(10,12)13/h3-6H,11H2,1-2H3. The van der Waals surface area contributed by atoms with Gasteiger partial charge in [0.15, 0.2) is 0 Å². The lowest BCUT2D eigenvalue weighted by Crippen LogP contribution is -2.01. The predicted octanol–water partition coefficient (Wildman–Crippen LogP) is 2.32. The third-order valence-electron chi connectivity index (χ3n) is 1.92. The van der Waals surface area contributed by atoms with Crippen molar-refractivity contribution in [2.45, 2.75) is 24.7 Å². The van der Waals surface area contributed by atoms with Crippen LogP contribution in [0.25, 0.3) is 0 Å². The number of anilines is 1. The third-order valence-corrected chi connectivity index (χ3v) is 3.30. The molecular weight excluding hydrogens is 222 g/mol. The first-order chi connectivity index (χ1) is 6.32. The molecule has 0 heterocycles. The van der Waals surface area contributed by atoms with Crippen LogP contribution < -0.4 is 5.73 Å². The summed E-state index contributed by atoms with van der Waals surface area (Å²) in [5.74, 6) is 0.0964. The molecule has 0 radical (unpaired) electrons. The summed E-state index contributed by atoms with van der Waals surface area (Å²) in [5.41, 5.74) is 6.59. The molecule has 0 saturated heterocycles. The minimum absolute atomic E-state index is 0.0964. The number of hydrogen-bond donors (Lipinski definition) is 1. The lowest BCUT2D eigenvalue weighted by Gasteiger charge is -2.10. The van der Waals surface area contributed by atoms with Gasteiger partial charge in [-0.1, -0.05) is 19.9 Å². The van der Waals surface area contributed by atoms with Crippen molar-refractivity contribution in [3.8, 4) is 0 Å². The van der Waals surface area contributed by atoms with Gasteiger partial charge < -0.3 is 5.73 Å². The number of hydrogen-bond acceptors (Lipinski definition) is 3. The van der Waals surface area contributed by atoms with E-state index in [-0.39, 0.29) is 10.8 Å². The van der Waals surface area contributed by atoms with Crippen LogP contribution >= 0.6 is 10.7 Å². The summed E-state index contributed by atoms with van der Waals surface area (Å²) in [5, 5.41) is 0. The zero-order chi connectivity index (χ0) is 10.9. The molecule has 0 saturated carbocycles. The number of nitrogens with two attached hydrogens (primary N) is 1. The second kappa shape index (κ2) is 3.79. The first-order valence-electron chi connectivity index (χ1n) is 4.16. The van der Waals surface area contributed by atoms with Crippen LogP contribution in [-0.4, -0.2) is 8.42 Å². The highest BCUT2D eigenvalue weighted by molar-refractivity contribution is 8.13. The Balaban J connectivity index is 3.46. The fourth-order valence-corrected chi connectivity index (χ4v) is 2.50. The van der Waals surface area contributed by atoms with Crippen molar-refractivity contribution in [3.63, 3.8) is 0 Å². The summed E-state index contributed by atoms with van der Waals surface area (Å²) < 4.78 is 22.4. The summed E-state index contributed by atoms with van der Waals surface area (Å²) in [6, 6.07) is 4.74. The Kier molecular flexibility index (Phi) is 3.07. The molecule has 0 fully saturated rings. The molecule has 0 bridgehead atoms. The van der Waals surface area contributed by atoms with Gasteiger partial charge in [0, 0.05) is 16.4 Å². The van der Waals surface area contributed by atoms with E-state index >= 15 is 0 Å². The molecule has 0 aliphatic rings. The van der Waals surface area contributed by atoms with Crippen LogP contribution in [0.15, 0.2) is 23.1 Å². The molecule has 0 aliphatic heterocycles. The molecule has 1 aromatic rings. The van der Waals surface area contributed by atoms with E-state index in [2.05, 4.69) is 0 Å². The van der Waals surface area contributed by atoms with E-state index in [1.807, 2.05) is 13.8 Å². The average Bonchev–Trinajstić information content (AvgIpc) is 2.01. The first-order valence-corrected chi connectivity index (χ1v) is 6.47. The largest absolute Gasteiger partial charge is 0.399 e. The monoisotopic (exact) mass is 233 g/mol. The van der Waals surface area contributed by atoms with Crippen LogP contribution in [0.3, 0.4) is 0 Å². The third kappa shape index (κ3) is 2.39. The fourth-order valence-electron chi connectivity index (χ4n) is 1.24. The lowest BCUT2D eigenvalue weighted by atomic mass is 10.0. The molecule has 2 N–H and O–H groups in total. The lowest BCUT2D eigenvalue weighted by molar-refractivity contribution is 0.607. The summed E-state index contributed by atoms with van der Waals surface area (Å²) >= 11 is 0. The van der Waals surface area contributed by atoms with Gasteiger partial charge in [0.05, 0.1) is 4.90 Å². The van der Waals surface area contributed by atoms with Crippen molar-refractivity contribution < 1.29 is 8.42 Å². The van der Waals surface area contributed by atoms with E-state index in [4.69, 9.17) is 16.4 Å². The molecule has 1 aromatic carbocycles. The van der Waals surface area contributed by atoms with Gasteiger partial charge in [-0.15, -0.1) is 0 Å². The fraction of sp³-hybridized carbons (Fsp3) is 0.333. The Hall–Kier alpha value is -0.740. The highest BCUT2D eigenvalue weighted by Gasteiger charge is 2.17. The SMILES string of the molecule is CC(C)c1ccc(N)cc1S(=O)(=O)Cl. The van der Waals surface area contributed by atoms with Crippen molar-refractivity contribution in [2.24, 2.45) is 0 Å². The molecule has 0 spiro atoms. The van der Waals surface area contributed by atoms with Crippen LogP contribution in [0.1, 0.15) is 25.3 Å². The van der Waals surface area contributed by atoms with Crippen LogP contribution in [0, 0.1) is 0 Å². The molecule has 1 rings (SSSR count). The molecule has 14 heavy (non-hydrogen) atoms. The highest BCUT2D eigenvalue weighted by atomic mass is 35.7. The minimum Gasteiger partial charge on any atom is -0.399 e. The Morgan fingerprint density at radius 3 is 2.36 bits per heavy atom. The van der Waals surface area contributed by atoms with Crippen molar-refractivity contribution in [1.82, 2.24) is 0 Å². The second-order valence-electron chi connectivity index (χ2n) is 3.39. The Labute approximate surface area is 88.3 Å². The van der Waals surface area contributed by atoms with Gasteiger partial charge in [0.25, 0.3) is 9.05 Å². The van der Waals surface area contributed by atoms with Crippen LogP contribution in [0.5, 0.6) is 0 Å². The minimum atomic E-state index is -3.71. The molecule has 0 atom stereocenters. The molecule has 3 nitrogen and oxygen atoms in total. The normalized spacial score (nSPS) is 12.0. The van der Waals surface area contributed by atoms with Crippen LogP contribution in [0.2, 0.25) is 0 Å². The topological polar surface area (TPSA) is 60.2 Å². The van der Waals surface area contributed by atoms with E-state index in [1.165, 1.54) is 6.07 Å². The van der Waals surface area contributed by atoms with Crippen molar-refractivity contribution in [2.75, 3.05) is 5.73 Å². The molecule has 0 aromatic heterocycles. The highest BCUT2D eigenvalue weighted by Crippen LogP contribution is 2.28. The summed E-state index contributed by atoms with van der Waals surface area (Å²) in [6.07, 6.45) is 0. The van der Waals surface area contributed by atoms with Gasteiger partial charge in [-0.05, 0) is 23.6 Å². The summed E-state index contributed by atoms with van der Waals surface area (Å²) in [7, 11) is 1.59. The molecular formula is C9H12ClNO2S. The second-order valence-corrected chi connectivity index (χ2v) is 5.92. The maximum absolute atomic E-state index is 11.2. The maximum Gasteiger partial charge on any atom is 0.261 e. The number of rotatable bonds is 2. The molecule has 0 amide bonds. The van der Waals surface area contributed by atoms with Crippen molar-refractivity contribution in [1.29, 1.82) is 0 Å². The molecule has 0 aliphatic carbocycles. The average molecular weight is 234 g/mol. The van der Waals surface area contributed by atoms with E-state index < -0.39 is 9.05 Å². The van der Waals surface area contributed by atoms with Gasteiger partial charge in [0.2, 0.25) is 0 Å². The van der Waals surface area contributed by atoms with Crippen molar-refractivity contribution in [3.05, 3.63) is 23.8 Å². The number of halogens is 1. The van der Waals surface area contributed by atoms with Gasteiger partial charge in [-0.3, -0.25) is 0 Å². The maximum atomic E-state index is 11.2. The van der Waals surface area contributed by atoms with E-state index in [0.29, 0.717) is 11.3 Å². The van der Waals surface area contributed by atoms with E-state index in [9.17, 15) is 8.42 Å². The van der Waals surface area contributed by atoms with E-state index in [0.717, 1.165) is 0 Å². The predicted molar refractivity (Wildman–Crippen MR) is 58.0 cm³/mol. The smallest absolute Gasteiger partial charge is 0.261 e. The Morgan fingerprint density at radius 2 is 1.93 bits per heavy atom. The Bertz CT molecular complexity index is 440. The van der Waals surface area contributed by atoms with Gasteiger partial charge in [-0.2, -0.15) is 0 Å². The van der Waals surface area contributed by atoms with Crippen molar-refractivity contribution >= 4 is 25.4 Å². The zero-order valence-corrected chi connectivity index (χ0v) is 9.56. The van der Waals surface area contributed by atoms with Gasteiger partial charge >= 0.3 is 0 Å². The van der Waals surface area contributed by atoms with Crippen LogP contribution in [-0.2, 0) is 9.05 Å². The Morgan fingerprint density at radius 1 is 1.36 bits per heavy atom. The number of benzene rings is 1. The zero-order valence-electron chi connectivity index (χ0n) is 7.99. The van der Waals surface area contributed by atoms with Crippen LogP contribution in [0.4, 0.5) is 5.69 Å².